The standard InChI is InChI=1S/C17H19N3O2/c1-12-18-8-6-16(19-12)20-9-7-14(11-20)10-13-2-4-15(5-3-13)17(21)22/h2-6,8,14H,7,9-11H2,1H3,(H,21,22). The van der Waals surface area contributed by atoms with Crippen LogP contribution in [0.15, 0.2) is 36.5 Å². The van der Waals surface area contributed by atoms with E-state index in [1.807, 2.05) is 25.1 Å². The molecular weight excluding hydrogens is 278 g/mol. The fraction of sp³-hybridized carbons (Fsp3) is 0.353. The molecule has 0 amide bonds. The highest BCUT2D eigenvalue weighted by molar-refractivity contribution is 5.87. The molecule has 1 aliphatic heterocycles. The highest BCUT2D eigenvalue weighted by atomic mass is 16.4. The van der Waals surface area contributed by atoms with Crippen molar-refractivity contribution >= 4 is 11.8 Å². The molecule has 2 heterocycles. The van der Waals surface area contributed by atoms with Gasteiger partial charge in [-0.25, -0.2) is 14.8 Å². The number of anilines is 1. The van der Waals surface area contributed by atoms with Crippen molar-refractivity contribution < 1.29 is 9.90 Å². The molecule has 0 spiro atoms. The number of aryl methyl sites for hydroxylation is 1. The van der Waals surface area contributed by atoms with Gasteiger partial charge in [0.25, 0.3) is 0 Å². The molecule has 114 valence electrons. The van der Waals surface area contributed by atoms with Crippen LogP contribution in [0.5, 0.6) is 0 Å². The van der Waals surface area contributed by atoms with Crippen LogP contribution in [-0.4, -0.2) is 34.1 Å². The Kier molecular flexibility index (Phi) is 4.04. The molecule has 1 aromatic heterocycles. The first kappa shape index (κ1) is 14.5. The normalized spacial score (nSPS) is 17.7. The highest BCUT2D eigenvalue weighted by Gasteiger charge is 2.23. The summed E-state index contributed by atoms with van der Waals surface area (Å²) >= 11 is 0. The molecule has 1 N–H and O–H groups in total. The molecule has 0 saturated carbocycles. The fourth-order valence-corrected chi connectivity index (χ4v) is 2.94. The lowest BCUT2D eigenvalue weighted by Gasteiger charge is -2.17. The third-order valence-corrected chi connectivity index (χ3v) is 4.10. The Bertz CT molecular complexity index is 670. The van der Waals surface area contributed by atoms with Gasteiger partial charge in [-0.15, -0.1) is 0 Å². The number of carboxylic acid groups (broad SMARTS) is 1. The van der Waals surface area contributed by atoms with Crippen LogP contribution in [0.1, 0.15) is 28.2 Å². The van der Waals surface area contributed by atoms with E-state index in [9.17, 15) is 4.79 Å². The second-order valence-corrected chi connectivity index (χ2v) is 5.77. The third-order valence-electron chi connectivity index (χ3n) is 4.10. The first-order valence-electron chi connectivity index (χ1n) is 7.48. The van der Waals surface area contributed by atoms with Crippen molar-refractivity contribution in [2.24, 2.45) is 5.92 Å². The minimum atomic E-state index is -0.877. The van der Waals surface area contributed by atoms with Crippen molar-refractivity contribution in [1.29, 1.82) is 0 Å². The summed E-state index contributed by atoms with van der Waals surface area (Å²) in [4.78, 5) is 21.8. The summed E-state index contributed by atoms with van der Waals surface area (Å²) in [6.45, 7) is 3.90. The summed E-state index contributed by atoms with van der Waals surface area (Å²) in [6.07, 6.45) is 3.90. The highest BCUT2D eigenvalue weighted by Crippen LogP contribution is 2.24. The van der Waals surface area contributed by atoms with Crippen LogP contribution < -0.4 is 4.90 Å². The Balaban J connectivity index is 1.62. The maximum Gasteiger partial charge on any atom is 0.335 e. The molecule has 1 unspecified atom stereocenters. The zero-order chi connectivity index (χ0) is 15.5. The molecule has 0 radical (unpaired) electrons. The predicted octanol–water partition coefficient (Wildman–Crippen LogP) is 2.55. The molecule has 1 aliphatic rings. The molecule has 0 aliphatic carbocycles. The average Bonchev–Trinajstić information content (AvgIpc) is 2.96. The van der Waals surface area contributed by atoms with Crippen LogP contribution in [0.25, 0.3) is 0 Å². The van der Waals surface area contributed by atoms with Gasteiger partial charge < -0.3 is 10.0 Å². The molecule has 1 atom stereocenters. The molecule has 0 bridgehead atoms. The van der Waals surface area contributed by atoms with E-state index in [1.165, 1.54) is 5.56 Å². The Morgan fingerprint density at radius 3 is 2.77 bits per heavy atom. The fourth-order valence-electron chi connectivity index (χ4n) is 2.94. The number of hydrogen-bond donors (Lipinski definition) is 1. The molecular formula is C17H19N3O2. The summed E-state index contributed by atoms with van der Waals surface area (Å²) in [5.41, 5.74) is 1.53. The first-order chi connectivity index (χ1) is 10.6. The van der Waals surface area contributed by atoms with Crippen molar-refractivity contribution in [3.05, 3.63) is 53.5 Å². The Labute approximate surface area is 129 Å². The molecule has 5 nitrogen and oxygen atoms in total. The van der Waals surface area contributed by atoms with E-state index in [0.717, 1.165) is 37.6 Å². The molecule has 3 rings (SSSR count). The third kappa shape index (κ3) is 3.24. The zero-order valence-electron chi connectivity index (χ0n) is 12.6. The number of carboxylic acids is 1. The molecule has 1 fully saturated rings. The Hall–Kier alpha value is -2.43. The van der Waals surface area contributed by atoms with Crippen LogP contribution in [-0.2, 0) is 6.42 Å². The second-order valence-electron chi connectivity index (χ2n) is 5.77. The van der Waals surface area contributed by atoms with Crippen LogP contribution in [0, 0.1) is 12.8 Å². The van der Waals surface area contributed by atoms with Gasteiger partial charge in [0.1, 0.15) is 11.6 Å². The number of benzene rings is 1. The summed E-state index contributed by atoms with van der Waals surface area (Å²) in [6, 6.07) is 9.15. The van der Waals surface area contributed by atoms with Crippen LogP contribution >= 0.6 is 0 Å². The molecule has 1 saturated heterocycles. The Morgan fingerprint density at radius 2 is 2.09 bits per heavy atom. The van der Waals surface area contributed by atoms with Crippen molar-refractivity contribution in [2.45, 2.75) is 19.8 Å². The topological polar surface area (TPSA) is 66.3 Å². The Morgan fingerprint density at radius 1 is 1.32 bits per heavy atom. The molecule has 22 heavy (non-hydrogen) atoms. The predicted molar refractivity (Wildman–Crippen MR) is 84.2 cm³/mol. The molecule has 5 heteroatoms. The quantitative estimate of drug-likeness (QED) is 0.939. The lowest BCUT2D eigenvalue weighted by atomic mass is 9.98. The summed E-state index contributed by atoms with van der Waals surface area (Å²) in [7, 11) is 0. The zero-order valence-corrected chi connectivity index (χ0v) is 12.6. The van der Waals surface area contributed by atoms with Crippen LogP contribution in [0.4, 0.5) is 5.82 Å². The number of aromatic nitrogens is 2. The van der Waals surface area contributed by atoms with Gasteiger partial charge in [0, 0.05) is 19.3 Å². The largest absolute Gasteiger partial charge is 0.478 e. The van der Waals surface area contributed by atoms with Gasteiger partial charge in [-0.2, -0.15) is 0 Å². The van der Waals surface area contributed by atoms with Crippen molar-refractivity contribution in [1.82, 2.24) is 9.97 Å². The van der Waals surface area contributed by atoms with Crippen LogP contribution in [0.3, 0.4) is 0 Å². The maximum absolute atomic E-state index is 10.9. The number of aromatic carboxylic acids is 1. The van der Waals surface area contributed by atoms with Gasteiger partial charge in [-0.05, 0) is 49.4 Å². The minimum Gasteiger partial charge on any atom is -0.478 e. The van der Waals surface area contributed by atoms with E-state index < -0.39 is 5.97 Å². The lowest BCUT2D eigenvalue weighted by Crippen LogP contribution is -2.21. The first-order valence-corrected chi connectivity index (χ1v) is 7.48. The van der Waals surface area contributed by atoms with Crippen molar-refractivity contribution in [2.75, 3.05) is 18.0 Å². The smallest absolute Gasteiger partial charge is 0.335 e. The van der Waals surface area contributed by atoms with Crippen molar-refractivity contribution in [3.63, 3.8) is 0 Å². The van der Waals surface area contributed by atoms with E-state index in [1.54, 1.807) is 18.3 Å². The second kappa shape index (κ2) is 6.13. The lowest BCUT2D eigenvalue weighted by molar-refractivity contribution is 0.0697. The van der Waals surface area contributed by atoms with E-state index in [2.05, 4.69) is 14.9 Å². The monoisotopic (exact) mass is 297 g/mol. The van der Waals surface area contributed by atoms with Gasteiger partial charge in [-0.1, -0.05) is 12.1 Å². The number of hydrogen-bond acceptors (Lipinski definition) is 4. The average molecular weight is 297 g/mol. The van der Waals surface area contributed by atoms with Crippen molar-refractivity contribution in [3.8, 4) is 0 Å². The summed E-state index contributed by atoms with van der Waals surface area (Å²) in [5, 5.41) is 8.92. The number of carbonyl (C=O) groups is 1. The van der Waals surface area contributed by atoms with Gasteiger partial charge in [0.2, 0.25) is 0 Å². The summed E-state index contributed by atoms with van der Waals surface area (Å²) < 4.78 is 0. The van der Waals surface area contributed by atoms with E-state index in [4.69, 9.17) is 5.11 Å². The van der Waals surface area contributed by atoms with E-state index in [0.29, 0.717) is 11.5 Å². The van der Waals surface area contributed by atoms with Gasteiger partial charge >= 0.3 is 5.97 Å². The van der Waals surface area contributed by atoms with Gasteiger partial charge in [0.15, 0.2) is 0 Å². The van der Waals surface area contributed by atoms with E-state index in [-0.39, 0.29) is 0 Å². The van der Waals surface area contributed by atoms with Gasteiger partial charge in [0.05, 0.1) is 5.56 Å². The maximum atomic E-state index is 10.9. The molecule has 2 aromatic rings. The number of nitrogens with zero attached hydrogens (tertiary/aromatic N) is 3. The number of rotatable bonds is 4. The van der Waals surface area contributed by atoms with E-state index >= 15 is 0 Å². The molecule has 1 aromatic carbocycles. The SMILES string of the molecule is Cc1nccc(N2CCC(Cc3ccc(C(=O)O)cc3)C2)n1. The van der Waals surface area contributed by atoms with Gasteiger partial charge in [-0.3, -0.25) is 0 Å². The van der Waals surface area contributed by atoms with Crippen LogP contribution in [0.2, 0.25) is 0 Å². The summed E-state index contributed by atoms with van der Waals surface area (Å²) in [5.74, 6) is 1.49. The minimum absolute atomic E-state index is 0.341.